The van der Waals surface area contributed by atoms with Crippen molar-refractivity contribution in [1.29, 1.82) is 0 Å². The molecule has 2 aromatic rings. The quantitative estimate of drug-likeness (QED) is 0.722. The third-order valence-electron chi connectivity index (χ3n) is 4.30. The molecule has 1 amide bonds. The third kappa shape index (κ3) is 5.71. The Kier molecular flexibility index (Phi) is 7.87. The van der Waals surface area contributed by atoms with Crippen LogP contribution in [0.25, 0.3) is 0 Å². The predicted octanol–water partition coefficient (Wildman–Crippen LogP) is 2.50. The van der Waals surface area contributed by atoms with Crippen LogP contribution in [0.5, 0.6) is 5.75 Å². The Morgan fingerprint density at radius 3 is 2.77 bits per heavy atom. The largest absolute Gasteiger partial charge is 0.494 e. The van der Waals surface area contributed by atoms with Crippen molar-refractivity contribution in [2.45, 2.75) is 31.6 Å². The Bertz CT molecular complexity index is 686. The van der Waals surface area contributed by atoms with Gasteiger partial charge >= 0.3 is 0 Å². The van der Waals surface area contributed by atoms with E-state index in [0.29, 0.717) is 31.3 Å². The van der Waals surface area contributed by atoms with Crippen LogP contribution in [-0.4, -0.2) is 40.4 Å². The molecule has 1 aliphatic heterocycles. The normalized spacial score (nSPS) is 14.5. The second kappa shape index (κ2) is 10.1. The van der Waals surface area contributed by atoms with Gasteiger partial charge in [-0.15, -0.1) is 12.4 Å². The zero-order chi connectivity index (χ0) is 17.5. The van der Waals surface area contributed by atoms with E-state index in [1.807, 2.05) is 37.4 Å². The van der Waals surface area contributed by atoms with E-state index >= 15 is 0 Å². The maximum Gasteiger partial charge on any atom is 0.227 e. The highest BCUT2D eigenvalue weighted by molar-refractivity contribution is 5.88. The summed E-state index contributed by atoms with van der Waals surface area (Å²) in [6.45, 7) is 2.49. The molecule has 0 bridgehead atoms. The van der Waals surface area contributed by atoms with Gasteiger partial charge in [-0.1, -0.05) is 18.2 Å². The molecule has 0 atom stereocenters. The summed E-state index contributed by atoms with van der Waals surface area (Å²) in [6.07, 6.45) is 3.12. The number of halogens is 1. The summed E-state index contributed by atoms with van der Waals surface area (Å²) in [6, 6.07) is 9.61. The van der Waals surface area contributed by atoms with Gasteiger partial charge in [0.05, 0.1) is 6.61 Å². The number of aromatic nitrogens is 3. The van der Waals surface area contributed by atoms with Gasteiger partial charge in [-0.25, -0.2) is 4.68 Å². The van der Waals surface area contributed by atoms with Crippen LogP contribution in [0.3, 0.4) is 0 Å². The standard InChI is InChI=1S/C18H25N5O2.ClH/c1-23-18(21-17(22-23)14-9-11-19-12-10-14)20-16(24)8-5-13-25-15-6-3-2-4-7-15;/h2-4,6-7,14,19H,5,8-13H2,1H3,(H,20,21,22,24);1H. The number of para-hydroxylation sites is 1. The number of hydrogen-bond acceptors (Lipinski definition) is 5. The number of rotatable bonds is 7. The average molecular weight is 380 g/mol. The smallest absolute Gasteiger partial charge is 0.227 e. The molecule has 1 aliphatic rings. The van der Waals surface area contributed by atoms with Crippen LogP contribution in [0.2, 0.25) is 0 Å². The van der Waals surface area contributed by atoms with Crippen LogP contribution in [0.4, 0.5) is 5.95 Å². The number of nitrogens with zero attached hydrogens (tertiary/aromatic N) is 3. The summed E-state index contributed by atoms with van der Waals surface area (Å²) >= 11 is 0. The molecule has 142 valence electrons. The molecule has 26 heavy (non-hydrogen) atoms. The van der Waals surface area contributed by atoms with Crippen molar-refractivity contribution in [3.63, 3.8) is 0 Å². The number of hydrogen-bond donors (Lipinski definition) is 2. The minimum absolute atomic E-state index is 0. The van der Waals surface area contributed by atoms with E-state index in [0.717, 1.165) is 37.5 Å². The fourth-order valence-electron chi connectivity index (χ4n) is 2.89. The number of carbonyl (C=O) groups excluding carboxylic acids is 1. The minimum atomic E-state index is -0.0657. The maximum atomic E-state index is 12.1. The fourth-order valence-corrected chi connectivity index (χ4v) is 2.89. The van der Waals surface area contributed by atoms with Crippen molar-refractivity contribution in [3.8, 4) is 5.75 Å². The monoisotopic (exact) mass is 379 g/mol. The van der Waals surface area contributed by atoms with Crippen LogP contribution in [0.15, 0.2) is 30.3 Å². The number of ether oxygens (including phenoxy) is 1. The highest BCUT2D eigenvalue weighted by Gasteiger charge is 2.21. The number of aryl methyl sites for hydroxylation is 1. The SMILES string of the molecule is Cl.Cn1nc(C2CCNCC2)nc1NC(=O)CCCOc1ccccc1. The van der Waals surface area contributed by atoms with E-state index in [1.54, 1.807) is 4.68 Å². The van der Waals surface area contributed by atoms with Crippen LogP contribution in [0, 0.1) is 0 Å². The van der Waals surface area contributed by atoms with Crippen LogP contribution in [-0.2, 0) is 11.8 Å². The Morgan fingerprint density at radius 1 is 1.31 bits per heavy atom. The highest BCUT2D eigenvalue weighted by Crippen LogP contribution is 2.23. The van der Waals surface area contributed by atoms with Crippen molar-refractivity contribution in [1.82, 2.24) is 20.1 Å². The van der Waals surface area contributed by atoms with Crippen LogP contribution < -0.4 is 15.4 Å². The fraction of sp³-hybridized carbons (Fsp3) is 0.500. The lowest BCUT2D eigenvalue weighted by molar-refractivity contribution is -0.116. The van der Waals surface area contributed by atoms with E-state index in [1.165, 1.54) is 0 Å². The molecule has 2 heterocycles. The Hall–Kier alpha value is -2.12. The van der Waals surface area contributed by atoms with E-state index in [9.17, 15) is 4.79 Å². The summed E-state index contributed by atoms with van der Waals surface area (Å²) < 4.78 is 7.24. The van der Waals surface area contributed by atoms with E-state index in [-0.39, 0.29) is 18.3 Å². The molecule has 1 fully saturated rings. The molecule has 7 nitrogen and oxygen atoms in total. The van der Waals surface area contributed by atoms with Gasteiger partial charge in [-0.2, -0.15) is 10.1 Å². The van der Waals surface area contributed by atoms with Gasteiger partial charge in [-0.3, -0.25) is 10.1 Å². The zero-order valence-corrected chi connectivity index (χ0v) is 15.8. The van der Waals surface area contributed by atoms with Gasteiger partial charge in [-0.05, 0) is 44.5 Å². The summed E-state index contributed by atoms with van der Waals surface area (Å²) in [5, 5.41) is 10.6. The number of piperidine rings is 1. The lowest BCUT2D eigenvalue weighted by Crippen LogP contribution is -2.27. The average Bonchev–Trinajstić information content (AvgIpc) is 3.01. The molecule has 0 saturated carbocycles. The van der Waals surface area contributed by atoms with Gasteiger partial charge in [0, 0.05) is 19.4 Å². The molecule has 8 heteroatoms. The second-order valence-corrected chi connectivity index (χ2v) is 6.25. The van der Waals surface area contributed by atoms with Crippen LogP contribution >= 0.6 is 12.4 Å². The van der Waals surface area contributed by atoms with Crippen molar-refractivity contribution < 1.29 is 9.53 Å². The number of carbonyl (C=O) groups is 1. The first-order valence-corrected chi connectivity index (χ1v) is 8.82. The third-order valence-corrected chi connectivity index (χ3v) is 4.30. The summed E-state index contributed by atoms with van der Waals surface area (Å²) in [5.74, 6) is 2.47. The van der Waals surface area contributed by atoms with Crippen molar-refractivity contribution in [2.24, 2.45) is 7.05 Å². The van der Waals surface area contributed by atoms with Gasteiger partial charge < -0.3 is 10.1 Å². The number of amides is 1. The van der Waals surface area contributed by atoms with Crippen LogP contribution in [0.1, 0.15) is 37.4 Å². The minimum Gasteiger partial charge on any atom is -0.494 e. The molecule has 0 unspecified atom stereocenters. The topological polar surface area (TPSA) is 81.1 Å². The van der Waals surface area contributed by atoms with E-state index < -0.39 is 0 Å². The first kappa shape index (κ1) is 20.2. The van der Waals surface area contributed by atoms with Crippen molar-refractivity contribution >= 4 is 24.3 Å². The van der Waals surface area contributed by atoms with Gasteiger partial charge in [0.2, 0.25) is 11.9 Å². The Morgan fingerprint density at radius 2 is 2.04 bits per heavy atom. The predicted molar refractivity (Wildman–Crippen MR) is 103 cm³/mol. The van der Waals surface area contributed by atoms with E-state index in [2.05, 4.69) is 20.7 Å². The summed E-state index contributed by atoms with van der Waals surface area (Å²) in [7, 11) is 1.81. The molecule has 0 aliphatic carbocycles. The summed E-state index contributed by atoms with van der Waals surface area (Å²) in [4.78, 5) is 16.6. The van der Waals surface area contributed by atoms with E-state index in [4.69, 9.17) is 4.74 Å². The first-order valence-electron chi connectivity index (χ1n) is 8.82. The maximum absolute atomic E-state index is 12.1. The van der Waals surface area contributed by atoms with Crippen molar-refractivity contribution in [3.05, 3.63) is 36.2 Å². The van der Waals surface area contributed by atoms with Gasteiger partial charge in [0.15, 0.2) is 5.82 Å². The molecule has 3 rings (SSSR count). The first-order chi connectivity index (χ1) is 12.2. The van der Waals surface area contributed by atoms with Gasteiger partial charge in [0.25, 0.3) is 0 Å². The lowest BCUT2D eigenvalue weighted by atomic mass is 9.98. The Balaban J connectivity index is 0.00000243. The highest BCUT2D eigenvalue weighted by atomic mass is 35.5. The van der Waals surface area contributed by atoms with Crippen molar-refractivity contribution in [2.75, 3.05) is 25.0 Å². The molecule has 0 radical (unpaired) electrons. The number of benzene rings is 1. The lowest BCUT2D eigenvalue weighted by Gasteiger charge is -2.19. The molecule has 1 aromatic carbocycles. The summed E-state index contributed by atoms with van der Waals surface area (Å²) in [5.41, 5.74) is 0. The molecule has 0 spiro atoms. The second-order valence-electron chi connectivity index (χ2n) is 6.25. The molecular weight excluding hydrogens is 354 g/mol. The van der Waals surface area contributed by atoms with Gasteiger partial charge in [0.1, 0.15) is 5.75 Å². The Labute approximate surface area is 159 Å². The number of nitrogens with one attached hydrogen (secondary N) is 2. The molecule has 2 N–H and O–H groups in total. The molecule has 1 saturated heterocycles. The number of anilines is 1. The molecule has 1 aromatic heterocycles. The zero-order valence-electron chi connectivity index (χ0n) is 15.0. The molecular formula is C18H26ClN5O2.